The molecular formula is C13H21NS. The first-order chi connectivity index (χ1) is 7.38. The van der Waals surface area contributed by atoms with Gasteiger partial charge in [-0.3, -0.25) is 0 Å². The standard InChI is InChI=1S/C13H21NS/c1-2-11-7-8-14-12(10-11)5-6-13-4-3-9-15-13/h3-4,9,11-12,14H,2,5-8,10H2,1H3. The fourth-order valence-corrected chi connectivity index (χ4v) is 3.18. The number of hydrogen-bond acceptors (Lipinski definition) is 2. The van der Waals surface area contributed by atoms with E-state index < -0.39 is 0 Å². The van der Waals surface area contributed by atoms with E-state index in [1.54, 1.807) is 0 Å². The van der Waals surface area contributed by atoms with Crippen LogP contribution in [0.5, 0.6) is 0 Å². The monoisotopic (exact) mass is 223 g/mol. The van der Waals surface area contributed by atoms with Crippen LogP contribution < -0.4 is 5.32 Å². The molecule has 15 heavy (non-hydrogen) atoms. The Hall–Kier alpha value is -0.340. The fraction of sp³-hybridized carbons (Fsp3) is 0.692. The van der Waals surface area contributed by atoms with Crippen molar-refractivity contribution >= 4 is 11.3 Å². The highest BCUT2D eigenvalue weighted by Crippen LogP contribution is 2.22. The molecule has 2 atom stereocenters. The van der Waals surface area contributed by atoms with E-state index in [1.807, 2.05) is 11.3 Å². The first kappa shape index (κ1) is 11.2. The first-order valence-electron chi connectivity index (χ1n) is 6.14. The molecule has 0 bridgehead atoms. The van der Waals surface area contributed by atoms with Crippen LogP contribution in [0.15, 0.2) is 17.5 Å². The maximum Gasteiger partial charge on any atom is 0.00731 e. The quantitative estimate of drug-likeness (QED) is 0.824. The highest BCUT2D eigenvalue weighted by molar-refractivity contribution is 7.09. The maximum absolute atomic E-state index is 3.65. The molecule has 2 heteroatoms. The Balaban J connectivity index is 1.74. The lowest BCUT2D eigenvalue weighted by Crippen LogP contribution is -2.38. The molecule has 84 valence electrons. The van der Waals surface area contributed by atoms with Gasteiger partial charge in [0.1, 0.15) is 0 Å². The van der Waals surface area contributed by atoms with Gasteiger partial charge < -0.3 is 5.32 Å². The summed E-state index contributed by atoms with van der Waals surface area (Å²) in [4.78, 5) is 1.54. The van der Waals surface area contributed by atoms with Crippen molar-refractivity contribution in [3.63, 3.8) is 0 Å². The molecule has 0 saturated carbocycles. The van der Waals surface area contributed by atoms with Crippen molar-refractivity contribution in [1.29, 1.82) is 0 Å². The third-order valence-electron chi connectivity index (χ3n) is 3.50. The van der Waals surface area contributed by atoms with Gasteiger partial charge in [-0.25, -0.2) is 0 Å². The van der Waals surface area contributed by atoms with Crippen molar-refractivity contribution in [1.82, 2.24) is 5.32 Å². The molecule has 1 aromatic heterocycles. The van der Waals surface area contributed by atoms with Crippen LogP contribution >= 0.6 is 11.3 Å². The Labute approximate surface area is 96.9 Å². The molecule has 1 saturated heterocycles. The van der Waals surface area contributed by atoms with Crippen LogP contribution in [0.25, 0.3) is 0 Å². The number of piperidine rings is 1. The van der Waals surface area contributed by atoms with Crippen LogP contribution in [0.4, 0.5) is 0 Å². The molecular weight excluding hydrogens is 202 g/mol. The van der Waals surface area contributed by atoms with E-state index in [0.29, 0.717) is 0 Å². The summed E-state index contributed by atoms with van der Waals surface area (Å²) in [5, 5.41) is 5.83. The molecule has 1 aliphatic rings. The largest absolute Gasteiger partial charge is 0.314 e. The summed E-state index contributed by atoms with van der Waals surface area (Å²) < 4.78 is 0. The zero-order valence-corrected chi connectivity index (χ0v) is 10.4. The minimum atomic E-state index is 0.769. The third-order valence-corrected chi connectivity index (χ3v) is 4.44. The summed E-state index contributed by atoms with van der Waals surface area (Å²) >= 11 is 1.89. The van der Waals surface area contributed by atoms with Crippen LogP contribution in [-0.4, -0.2) is 12.6 Å². The topological polar surface area (TPSA) is 12.0 Å². The zero-order valence-electron chi connectivity index (χ0n) is 9.54. The smallest absolute Gasteiger partial charge is 0.00731 e. The van der Waals surface area contributed by atoms with Gasteiger partial charge in [-0.05, 0) is 49.6 Å². The Morgan fingerprint density at radius 1 is 1.53 bits per heavy atom. The predicted octanol–water partition coefficient (Wildman–Crippen LogP) is 3.46. The van der Waals surface area contributed by atoms with Gasteiger partial charge in [0.15, 0.2) is 0 Å². The molecule has 1 N–H and O–H groups in total. The van der Waals surface area contributed by atoms with Crippen molar-refractivity contribution in [2.24, 2.45) is 5.92 Å². The van der Waals surface area contributed by atoms with Crippen LogP contribution in [0.1, 0.15) is 37.5 Å². The number of hydrogen-bond donors (Lipinski definition) is 1. The highest BCUT2D eigenvalue weighted by atomic mass is 32.1. The number of thiophene rings is 1. The Morgan fingerprint density at radius 2 is 2.47 bits per heavy atom. The van der Waals surface area contributed by atoms with Crippen LogP contribution in [-0.2, 0) is 6.42 Å². The van der Waals surface area contributed by atoms with Gasteiger partial charge in [0.05, 0.1) is 0 Å². The van der Waals surface area contributed by atoms with E-state index in [1.165, 1.54) is 43.5 Å². The summed E-state index contributed by atoms with van der Waals surface area (Å²) in [6, 6.07) is 5.18. The second-order valence-electron chi connectivity index (χ2n) is 4.57. The van der Waals surface area contributed by atoms with Crippen molar-refractivity contribution in [2.45, 2.75) is 45.1 Å². The van der Waals surface area contributed by atoms with Crippen molar-refractivity contribution < 1.29 is 0 Å². The van der Waals surface area contributed by atoms with Crippen molar-refractivity contribution in [2.75, 3.05) is 6.54 Å². The second-order valence-corrected chi connectivity index (χ2v) is 5.60. The molecule has 2 rings (SSSR count). The molecule has 0 spiro atoms. The SMILES string of the molecule is CCC1CCNC(CCc2cccs2)C1. The fourth-order valence-electron chi connectivity index (χ4n) is 2.46. The lowest BCUT2D eigenvalue weighted by Gasteiger charge is -2.29. The Bertz CT molecular complexity index is 268. The average Bonchev–Trinajstić information content (AvgIpc) is 2.79. The maximum atomic E-state index is 3.65. The lowest BCUT2D eigenvalue weighted by molar-refractivity contribution is 0.285. The van der Waals surface area contributed by atoms with Gasteiger partial charge in [0, 0.05) is 10.9 Å². The minimum Gasteiger partial charge on any atom is -0.314 e. The van der Waals surface area contributed by atoms with E-state index >= 15 is 0 Å². The molecule has 0 amide bonds. The summed E-state index contributed by atoms with van der Waals surface area (Å²) in [7, 11) is 0. The number of rotatable bonds is 4. The zero-order chi connectivity index (χ0) is 10.5. The summed E-state index contributed by atoms with van der Waals surface area (Å²) in [6.45, 7) is 3.56. The van der Waals surface area contributed by atoms with E-state index in [-0.39, 0.29) is 0 Å². The van der Waals surface area contributed by atoms with Gasteiger partial charge >= 0.3 is 0 Å². The van der Waals surface area contributed by atoms with Gasteiger partial charge in [-0.2, -0.15) is 0 Å². The summed E-state index contributed by atoms with van der Waals surface area (Å²) in [5.41, 5.74) is 0. The Morgan fingerprint density at radius 3 is 3.20 bits per heavy atom. The highest BCUT2D eigenvalue weighted by Gasteiger charge is 2.19. The van der Waals surface area contributed by atoms with Crippen LogP contribution in [0.3, 0.4) is 0 Å². The third kappa shape index (κ3) is 3.32. The summed E-state index contributed by atoms with van der Waals surface area (Å²) in [6.07, 6.45) is 6.70. The number of aryl methyl sites for hydroxylation is 1. The van der Waals surface area contributed by atoms with Gasteiger partial charge in [0.2, 0.25) is 0 Å². The first-order valence-corrected chi connectivity index (χ1v) is 7.02. The molecule has 0 radical (unpaired) electrons. The molecule has 1 aliphatic heterocycles. The second kappa shape index (κ2) is 5.66. The molecule has 1 aromatic rings. The van der Waals surface area contributed by atoms with Gasteiger partial charge in [-0.1, -0.05) is 19.4 Å². The molecule has 2 unspecified atom stereocenters. The van der Waals surface area contributed by atoms with Crippen molar-refractivity contribution in [3.05, 3.63) is 22.4 Å². The molecule has 1 fully saturated rings. The lowest BCUT2D eigenvalue weighted by atomic mass is 9.88. The van der Waals surface area contributed by atoms with Crippen LogP contribution in [0.2, 0.25) is 0 Å². The van der Waals surface area contributed by atoms with E-state index in [4.69, 9.17) is 0 Å². The van der Waals surface area contributed by atoms with Crippen molar-refractivity contribution in [3.8, 4) is 0 Å². The number of nitrogens with one attached hydrogen (secondary N) is 1. The Kier molecular flexibility index (Phi) is 4.21. The van der Waals surface area contributed by atoms with E-state index in [0.717, 1.165) is 12.0 Å². The molecule has 2 heterocycles. The molecule has 0 aliphatic carbocycles. The predicted molar refractivity (Wildman–Crippen MR) is 67.4 cm³/mol. The van der Waals surface area contributed by atoms with E-state index in [2.05, 4.69) is 29.8 Å². The van der Waals surface area contributed by atoms with Gasteiger partial charge in [0.25, 0.3) is 0 Å². The van der Waals surface area contributed by atoms with E-state index in [9.17, 15) is 0 Å². The van der Waals surface area contributed by atoms with Gasteiger partial charge in [-0.15, -0.1) is 11.3 Å². The van der Waals surface area contributed by atoms with Crippen LogP contribution in [0, 0.1) is 5.92 Å². The molecule has 0 aromatic carbocycles. The average molecular weight is 223 g/mol. The normalized spacial score (nSPS) is 26.7. The summed E-state index contributed by atoms with van der Waals surface area (Å²) in [5.74, 6) is 0.972. The minimum absolute atomic E-state index is 0.769. The molecule has 1 nitrogen and oxygen atoms in total.